The summed E-state index contributed by atoms with van der Waals surface area (Å²) in [6, 6.07) is 14.4. The number of amides is 1. The van der Waals surface area contributed by atoms with E-state index in [0.29, 0.717) is 16.5 Å². The summed E-state index contributed by atoms with van der Waals surface area (Å²) in [4.78, 5) is 23.9. The van der Waals surface area contributed by atoms with Crippen LogP contribution in [0.4, 0.5) is 5.69 Å². The first-order valence-corrected chi connectivity index (χ1v) is 8.28. The van der Waals surface area contributed by atoms with Gasteiger partial charge in [0.25, 0.3) is 5.91 Å². The molecule has 0 spiro atoms. The Kier molecular flexibility index (Phi) is 6.83. The summed E-state index contributed by atoms with van der Waals surface area (Å²) in [5.41, 5.74) is 1.60. The highest BCUT2D eigenvalue weighted by Gasteiger charge is 2.18. The first kappa shape index (κ1) is 18.8. The van der Waals surface area contributed by atoms with Crippen molar-refractivity contribution in [3.63, 3.8) is 0 Å². The highest BCUT2D eigenvalue weighted by molar-refractivity contribution is 6.33. The van der Waals surface area contributed by atoms with E-state index in [4.69, 9.17) is 21.1 Å². The number of esters is 1. The van der Waals surface area contributed by atoms with Crippen LogP contribution in [-0.4, -0.2) is 24.6 Å². The molecule has 0 aliphatic heterocycles. The maximum Gasteiger partial charge on any atom is 0.310 e. The highest BCUT2D eigenvalue weighted by Crippen LogP contribution is 2.20. The fraction of sp³-hybridized carbons (Fsp3) is 0.263. The summed E-state index contributed by atoms with van der Waals surface area (Å²) in [5.74, 6) is -0.266. The van der Waals surface area contributed by atoms with Crippen molar-refractivity contribution in [3.8, 4) is 5.75 Å². The van der Waals surface area contributed by atoms with Gasteiger partial charge in [-0.25, -0.2) is 0 Å². The fourth-order valence-corrected chi connectivity index (χ4v) is 2.18. The van der Waals surface area contributed by atoms with Gasteiger partial charge in [-0.3, -0.25) is 9.59 Å². The lowest BCUT2D eigenvalue weighted by Crippen LogP contribution is -2.30. The van der Waals surface area contributed by atoms with Crippen LogP contribution in [0.3, 0.4) is 0 Å². The monoisotopic (exact) mass is 361 g/mol. The molecule has 0 fully saturated rings. The van der Waals surface area contributed by atoms with Crippen LogP contribution in [0.25, 0.3) is 0 Å². The lowest BCUT2D eigenvalue weighted by atomic mass is 10.2. The molecular weight excluding hydrogens is 342 g/mol. The summed E-state index contributed by atoms with van der Waals surface area (Å²) >= 11 is 5.98. The fourth-order valence-electron chi connectivity index (χ4n) is 1.99. The number of nitrogens with one attached hydrogen (secondary N) is 1. The molecule has 0 aliphatic carbocycles. The van der Waals surface area contributed by atoms with Crippen LogP contribution in [0, 0.1) is 6.92 Å². The summed E-state index contributed by atoms with van der Waals surface area (Å²) in [7, 11) is 0. The average Bonchev–Trinajstić information content (AvgIpc) is 2.58. The van der Waals surface area contributed by atoms with Gasteiger partial charge < -0.3 is 14.8 Å². The van der Waals surface area contributed by atoms with E-state index in [1.807, 2.05) is 31.2 Å². The van der Waals surface area contributed by atoms with Gasteiger partial charge in [-0.05, 0) is 38.1 Å². The van der Waals surface area contributed by atoms with Crippen LogP contribution in [0.15, 0.2) is 48.5 Å². The topological polar surface area (TPSA) is 64.6 Å². The van der Waals surface area contributed by atoms with Crippen molar-refractivity contribution in [1.82, 2.24) is 0 Å². The minimum atomic E-state index is -0.928. The highest BCUT2D eigenvalue weighted by atomic mass is 35.5. The number of hydrogen-bond donors (Lipinski definition) is 1. The van der Waals surface area contributed by atoms with E-state index in [1.165, 1.54) is 6.92 Å². The summed E-state index contributed by atoms with van der Waals surface area (Å²) in [6.07, 6.45) is -0.874. The number of ether oxygens (including phenoxy) is 2. The molecule has 132 valence electrons. The van der Waals surface area contributed by atoms with E-state index < -0.39 is 18.0 Å². The van der Waals surface area contributed by atoms with Gasteiger partial charge in [0.05, 0.1) is 23.7 Å². The minimum Gasteiger partial charge on any atom is -0.493 e. The molecule has 5 nitrogen and oxygen atoms in total. The standard InChI is InChI=1S/C19H20ClNO4/c1-13-7-9-15(10-8-13)24-12-11-18(22)25-14(2)19(23)21-17-6-4-3-5-16(17)20/h3-10,14H,11-12H2,1-2H3,(H,21,23)/t14-/m0/s1. The third kappa shape index (κ3) is 6.12. The van der Waals surface area contributed by atoms with Crippen molar-refractivity contribution in [2.24, 2.45) is 0 Å². The van der Waals surface area contributed by atoms with E-state index in [2.05, 4.69) is 5.32 Å². The number of anilines is 1. The second kappa shape index (κ2) is 9.08. The molecule has 0 aliphatic rings. The number of para-hydroxylation sites is 1. The Hall–Kier alpha value is -2.53. The number of hydrogen-bond acceptors (Lipinski definition) is 4. The number of halogens is 1. The maximum absolute atomic E-state index is 12.0. The molecule has 1 amide bonds. The smallest absolute Gasteiger partial charge is 0.310 e. The molecule has 1 N–H and O–H groups in total. The molecule has 0 aromatic heterocycles. The molecule has 0 unspecified atom stereocenters. The normalized spacial score (nSPS) is 11.5. The Balaban J connectivity index is 1.74. The van der Waals surface area contributed by atoms with E-state index in [0.717, 1.165) is 5.56 Å². The van der Waals surface area contributed by atoms with Crippen molar-refractivity contribution < 1.29 is 19.1 Å². The van der Waals surface area contributed by atoms with E-state index >= 15 is 0 Å². The van der Waals surface area contributed by atoms with Gasteiger partial charge in [0.15, 0.2) is 6.10 Å². The largest absolute Gasteiger partial charge is 0.493 e. The predicted molar refractivity (Wildman–Crippen MR) is 96.9 cm³/mol. The van der Waals surface area contributed by atoms with Gasteiger partial charge in [-0.15, -0.1) is 0 Å². The van der Waals surface area contributed by atoms with Crippen molar-refractivity contribution in [2.45, 2.75) is 26.4 Å². The molecular formula is C19H20ClNO4. The van der Waals surface area contributed by atoms with E-state index in [1.54, 1.807) is 24.3 Å². The quantitative estimate of drug-likeness (QED) is 0.757. The molecule has 1 atom stereocenters. The molecule has 0 saturated heterocycles. The summed E-state index contributed by atoms with van der Waals surface area (Å²) in [5, 5.41) is 3.04. The molecule has 2 aromatic rings. The number of carbonyl (C=O) groups is 2. The zero-order valence-corrected chi connectivity index (χ0v) is 14.9. The molecule has 25 heavy (non-hydrogen) atoms. The van der Waals surface area contributed by atoms with Crippen LogP contribution >= 0.6 is 11.6 Å². The zero-order valence-electron chi connectivity index (χ0n) is 14.1. The van der Waals surface area contributed by atoms with Gasteiger partial charge in [-0.2, -0.15) is 0 Å². The lowest BCUT2D eigenvalue weighted by molar-refractivity contribution is -0.153. The van der Waals surface area contributed by atoms with Crippen LogP contribution < -0.4 is 10.1 Å². The van der Waals surface area contributed by atoms with Gasteiger partial charge in [-0.1, -0.05) is 41.4 Å². The van der Waals surface area contributed by atoms with Gasteiger partial charge in [0.2, 0.25) is 0 Å². The molecule has 0 saturated carbocycles. The molecule has 6 heteroatoms. The Morgan fingerprint density at radius 1 is 1.12 bits per heavy atom. The number of aryl methyl sites for hydroxylation is 1. The molecule has 0 radical (unpaired) electrons. The van der Waals surface area contributed by atoms with Crippen molar-refractivity contribution in [2.75, 3.05) is 11.9 Å². The summed E-state index contributed by atoms with van der Waals surface area (Å²) < 4.78 is 10.6. The van der Waals surface area contributed by atoms with Crippen LogP contribution in [0.2, 0.25) is 5.02 Å². The Morgan fingerprint density at radius 3 is 2.48 bits per heavy atom. The predicted octanol–water partition coefficient (Wildman–Crippen LogP) is 3.99. The molecule has 0 bridgehead atoms. The SMILES string of the molecule is Cc1ccc(OCCC(=O)O[C@@H](C)C(=O)Nc2ccccc2Cl)cc1. The molecule has 2 rings (SSSR count). The molecule has 2 aromatic carbocycles. The minimum absolute atomic E-state index is 0.0532. The lowest BCUT2D eigenvalue weighted by Gasteiger charge is -2.14. The number of benzene rings is 2. The first-order valence-electron chi connectivity index (χ1n) is 7.90. The Labute approximate surface area is 151 Å². The third-order valence-electron chi connectivity index (χ3n) is 3.41. The summed E-state index contributed by atoms with van der Waals surface area (Å²) in [6.45, 7) is 3.67. The second-order valence-corrected chi connectivity index (χ2v) is 5.92. The van der Waals surface area contributed by atoms with Gasteiger partial charge >= 0.3 is 5.97 Å². The van der Waals surface area contributed by atoms with E-state index in [-0.39, 0.29) is 13.0 Å². The third-order valence-corrected chi connectivity index (χ3v) is 3.73. The van der Waals surface area contributed by atoms with Crippen molar-refractivity contribution >= 4 is 29.2 Å². The van der Waals surface area contributed by atoms with E-state index in [9.17, 15) is 9.59 Å². The second-order valence-electron chi connectivity index (χ2n) is 5.51. The average molecular weight is 362 g/mol. The molecule has 0 heterocycles. The Morgan fingerprint density at radius 2 is 1.80 bits per heavy atom. The maximum atomic E-state index is 12.0. The van der Waals surface area contributed by atoms with Crippen LogP contribution in [0.1, 0.15) is 18.9 Å². The van der Waals surface area contributed by atoms with Crippen LogP contribution in [0.5, 0.6) is 5.75 Å². The van der Waals surface area contributed by atoms with Gasteiger partial charge in [0.1, 0.15) is 5.75 Å². The number of carbonyl (C=O) groups excluding carboxylic acids is 2. The van der Waals surface area contributed by atoms with Gasteiger partial charge in [0, 0.05) is 0 Å². The Bertz CT molecular complexity index is 730. The van der Waals surface area contributed by atoms with Crippen LogP contribution in [-0.2, 0) is 14.3 Å². The number of rotatable bonds is 7. The first-order chi connectivity index (χ1) is 12.0. The zero-order chi connectivity index (χ0) is 18.2. The van der Waals surface area contributed by atoms with Crippen molar-refractivity contribution in [1.29, 1.82) is 0 Å². The van der Waals surface area contributed by atoms with Crippen molar-refractivity contribution in [3.05, 3.63) is 59.1 Å².